The monoisotopic (exact) mass is 589 g/mol. The lowest BCUT2D eigenvalue weighted by molar-refractivity contribution is -0.123. The summed E-state index contributed by atoms with van der Waals surface area (Å²) in [6.45, 7) is 25.0. The molecule has 0 aliphatic carbocycles. The summed E-state index contributed by atoms with van der Waals surface area (Å²) in [5.74, 6) is 0.0175. The van der Waals surface area contributed by atoms with Crippen LogP contribution >= 0.6 is 0 Å². The van der Waals surface area contributed by atoms with E-state index in [1.165, 1.54) is 5.57 Å². The summed E-state index contributed by atoms with van der Waals surface area (Å²) in [5.41, 5.74) is 15.5. The van der Waals surface area contributed by atoms with Gasteiger partial charge in [0.2, 0.25) is 0 Å². The smallest absolute Gasteiger partial charge is 0.259 e. The van der Waals surface area contributed by atoms with Gasteiger partial charge in [0.15, 0.2) is 0 Å². The third kappa shape index (κ3) is 10.0. The van der Waals surface area contributed by atoms with E-state index in [9.17, 15) is 4.79 Å². The Hall–Kier alpha value is -2.99. The highest BCUT2D eigenvalue weighted by molar-refractivity contribution is 6.03. The lowest BCUT2D eigenvalue weighted by Crippen LogP contribution is -2.26. The minimum absolute atomic E-state index is 0.0175. The minimum atomic E-state index is -0.0875. The van der Waals surface area contributed by atoms with E-state index in [2.05, 4.69) is 102 Å². The number of nitrogens with zero attached hydrogens (tertiary/aromatic N) is 4. The highest BCUT2D eigenvalue weighted by Crippen LogP contribution is 2.34. The molecule has 2 atom stereocenters. The Kier molecular flexibility index (Phi) is 15.1. The Morgan fingerprint density at radius 2 is 1.81 bits per heavy atom. The average molecular weight is 590 g/mol. The second-order valence-corrected chi connectivity index (χ2v) is 12.3. The number of hydrogen-bond donors (Lipinski definition) is 1. The Bertz CT molecular complexity index is 1210. The number of likely N-dealkylation sites (tertiary alicyclic amines) is 2. The van der Waals surface area contributed by atoms with Crippen LogP contribution in [0.15, 0.2) is 80.3 Å². The van der Waals surface area contributed by atoms with E-state index in [-0.39, 0.29) is 11.9 Å². The van der Waals surface area contributed by atoms with E-state index in [4.69, 9.17) is 5.73 Å². The van der Waals surface area contributed by atoms with Crippen LogP contribution in [0.2, 0.25) is 0 Å². The van der Waals surface area contributed by atoms with E-state index in [1.807, 2.05) is 11.0 Å². The van der Waals surface area contributed by atoms with Gasteiger partial charge in [-0.25, -0.2) is 0 Å². The summed E-state index contributed by atoms with van der Waals surface area (Å²) >= 11 is 0. The summed E-state index contributed by atoms with van der Waals surface area (Å²) in [5, 5.41) is 9.14. The molecule has 0 aromatic rings. The highest BCUT2D eigenvalue weighted by atomic mass is 16.2. The number of carbonyl (C=O) groups is 1. The fourth-order valence-corrected chi connectivity index (χ4v) is 5.62. The summed E-state index contributed by atoms with van der Waals surface area (Å²) in [4.78, 5) is 18.4. The predicted octanol–water partition coefficient (Wildman–Crippen LogP) is 8.80. The third-order valence-electron chi connectivity index (χ3n) is 8.86. The molecule has 238 valence electrons. The molecule has 2 aliphatic heterocycles. The molecule has 2 heterocycles. The molecule has 0 saturated carbocycles. The summed E-state index contributed by atoms with van der Waals surface area (Å²) in [7, 11) is 0. The molecular formula is C37H59N5O. The van der Waals surface area contributed by atoms with Crippen molar-refractivity contribution >= 4 is 17.3 Å². The summed E-state index contributed by atoms with van der Waals surface area (Å²) < 4.78 is 0. The van der Waals surface area contributed by atoms with Crippen molar-refractivity contribution in [2.45, 2.75) is 132 Å². The molecule has 6 heteroatoms. The second kappa shape index (κ2) is 18.0. The molecule has 0 aromatic heterocycles. The Balaban J connectivity index is 2.48. The number of allylic oxidation sites excluding steroid dienone is 6. The first-order chi connectivity index (χ1) is 20.5. The van der Waals surface area contributed by atoms with Gasteiger partial charge in [0.25, 0.3) is 5.91 Å². The quantitative estimate of drug-likeness (QED) is 0.0898. The molecule has 43 heavy (non-hydrogen) atoms. The van der Waals surface area contributed by atoms with Crippen LogP contribution in [0, 0.1) is 0 Å². The summed E-state index contributed by atoms with van der Waals surface area (Å²) in [6.07, 6.45) is 17.4. The number of amides is 1. The van der Waals surface area contributed by atoms with Crippen LogP contribution in [-0.2, 0) is 4.79 Å². The molecule has 2 saturated heterocycles. The lowest BCUT2D eigenvalue weighted by Gasteiger charge is -2.24. The molecule has 6 nitrogen and oxygen atoms in total. The standard InChI is InChI=1S/C37H59N5O/c1-11-15-20-28(7)39-40-35(18-12-2)27(6)19-16-22-36(26(5)13-3)42-25-33(31(10)34(38)14-4)32(37(42)43)24-30(9)41-23-17-21-29(41)8/h16,19,22,24,29,34H,9,11-15,17-18,20-21,23,25,38H2,1-8,10H3/b22-16-,27-19+,32-24+,33-31+,36-26?,39-28+,40-35+/t29-,34-/m1/s1. The van der Waals surface area contributed by atoms with Crippen LogP contribution in [0.4, 0.5) is 0 Å². The lowest BCUT2D eigenvalue weighted by atomic mass is 9.96. The molecule has 0 unspecified atom stereocenters. The van der Waals surface area contributed by atoms with Crippen molar-refractivity contribution in [1.82, 2.24) is 9.80 Å². The molecule has 2 N–H and O–H groups in total. The van der Waals surface area contributed by atoms with Crippen molar-refractivity contribution < 1.29 is 4.79 Å². The van der Waals surface area contributed by atoms with Crippen LogP contribution < -0.4 is 5.73 Å². The van der Waals surface area contributed by atoms with Crippen molar-refractivity contribution in [3.05, 3.63) is 70.1 Å². The van der Waals surface area contributed by atoms with Crippen LogP contribution in [0.3, 0.4) is 0 Å². The minimum Gasteiger partial charge on any atom is -0.369 e. The zero-order valence-corrected chi connectivity index (χ0v) is 28.7. The first kappa shape index (κ1) is 36.2. The van der Waals surface area contributed by atoms with Gasteiger partial charge in [-0.15, -0.1) is 0 Å². The molecule has 2 fully saturated rings. The van der Waals surface area contributed by atoms with Crippen LogP contribution in [0.25, 0.3) is 0 Å². The number of rotatable bonds is 15. The third-order valence-corrected chi connectivity index (χ3v) is 8.86. The largest absolute Gasteiger partial charge is 0.369 e. The maximum atomic E-state index is 14.1. The van der Waals surface area contributed by atoms with Gasteiger partial charge in [-0.1, -0.05) is 64.8 Å². The van der Waals surface area contributed by atoms with Crippen molar-refractivity contribution in [2.24, 2.45) is 15.9 Å². The molecule has 2 aliphatic rings. The predicted molar refractivity (Wildman–Crippen MR) is 186 cm³/mol. The fourth-order valence-electron chi connectivity index (χ4n) is 5.62. The Morgan fingerprint density at radius 3 is 2.40 bits per heavy atom. The summed E-state index contributed by atoms with van der Waals surface area (Å²) in [6, 6.07) is 0.349. The number of unbranched alkanes of at least 4 members (excludes halogenated alkanes) is 1. The first-order valence-electron chi connectivity index (χ1n) is 16.6. The Morgan fingerprint density at radius 1 is 1.09 bits per heavy atom. The van der Waals surface area contributed by atoms with Crippen molar-refractivity contribution in [1.29, 1.82) is 0 Å². The number of hydrogen-bond acceptors (Lipinski definition) is 5. The fraction of sp³-hybridized carbons (Fsp3) is 0.595. The van der Waals surface area contributed by atoms with E-state index in [0.29, 0.717) is 12.6 Å². The second-order valence-electron chi connectivity index (χ2n) is 12.3. The van der Waals surface area contributed by atoms with Gasteiger partial charge in [-0.2, -0.15) is 10.2 Å². The molecule has 0 bridgehead atoms. The topological polar surface area (TPSA) is 74.3 Å². The van der Waals surface area contributed by atoms with Gasteiger partial charge >= 0.3 is 0 Å². The van der Waals surface area contributed by atoms with E-state index >= 15 is 0 Å². The molecule has 0 aromatic carbocycles. The molecule has 0 radical (unpaired) electrons. The Labute approximate surface area is 263 Å². The van der Waals surface area contributed by atoms with E-state index in [0.717, 1.165) is 109 Å². The highest BCUT2D eigenvalue weighted by Gasteiger charge is 2.35. The molecule has 0 spiro atoms. The van der Waals surface area contributed by atoms with Gasteiger partial charge in [-0.05, 0) is 108 Å². The van der Waals surface area contributed by atoms with E-state index in [1.54, 1.807) is 0 Å². The maximum Gasteiger partial charge on any atom is 0.259 e. The van der Waals surface area contributed by atoms with Gasteiger partial charge < -0.3 is 15.5 Å². The van der Waals surface area contributed by atoms with Crippen LogP contribution in [0.5, 0.6) is 0 Å². The average Bonchev–Trinajstić information content (AvgIpc) is 3.57. The first-order valence-corrected chi connectivity index (χ1v) is 16.6. The van der Waals surface area contributed by atoms with Gasteiger partial charge in [0.05, 0.1) is 12.3 Å². The zero-order chi connectivity index (χ0) is 32.1. The SMILES string of the molecule is C=C(/C=C1/C(=O)N(C(\C=C/C=C(C)/C(CCC)=N/N=C(\C)CCCC)=C(C)CC)C/C1=C(/C)[C@H](N)CC)N1CCC[C@H]1C. The molecular weight excluding hydrogens is 530 g/mol. The van der Waals surface area contributed by atoms with Crippen LogP contribution in [0.1, 0.15) is 120 Å². The maximum absolute atomic E-state index is 14.1. The van der Waals surface area contributed by atoms with Crippen LogP contribution in [-0.4, -0.2) is 52.3 Å². The normalized spacial score (nSPS) is 22.3. The van der Waals surface area contributed by atoms with Gasteiger partial charge in [0.1, 0.15) is 0 Å². The zero-order valence-electron chi connectivity index (χ0n) is 28.7. The molecule has 2 rings (SSSR count). The van der Waals surface area contributed by atoms with E-state index < -0.39 is 0 Å². The van der Waals surface area contributed by atoms with Crippen molar-refractivity contribution in [2.75, 3.05) is 13.1 Å². The number of carbonyl (C=O) groups excluding carboxylic acids is 1. The van der Waals surface area contributed by atoms with Gasteiger partial charge in [0, 0.05) is 41.3 Å². The van der Waals surface area contributed by atoms with Crippen molar-refractivity contribution in [3.8, 4) is 0 Å². The van der Waals surface area contributed by atoms with Gasteiger partial charge in [-0.3, -0.25) is 4.79 Å². The molecule has 1 amide bonds. The number of nitrogens with two attached hydrogens (primary N) is 1. The van der Waals surface area contributed by atoms with Crippen molar-refractivity contribution in [3.63, 3.8) is 0 Å².